The summed E-state index contributed by atoms with van der Waals surface area (Å²) in [7, 11) is 3.24. The summed E-state index contributed by atoms with van der Waals surface area (Å²) in [6, 6.07) is -1.33. The molecule has 1 fully saturated rings. The Kier molecular flexibility index (Phi) is 6.12. The van der Waals surface area contributed by atoms with Gasteiger partial charge in [0, 0.05) is 32.1 Å². The number of carbonyl (C=O) groups is 3. The van der Waals surface area contributed by atoms with Gasteiger partial charge in [-0.3, -0.25) is 9.59 Å². The van der Waals surface area contributed by atoms with Gasteiger partial charge in [0.2, 0.25) is 5.91 Å². The summed E-state index contributed by atoms with van der Waals surface area (Å²) in [5.41, 5.74) is 0. The van der Waals surface area contributed by atoms with Gasteiger partial charge >= 0.3 is 12.0 Å². The van der Waals surface area contributed by atoms with Crippen molar-refractivity contribution < 1.29 is 19.5 Å². The van der Waals surface area contributed by atoms with Crippen molar-refractivity contribution in [2.24, 2.45) is 0 Å². The number of nitrogens with zero attached hydrogens (tertiary/aromatic N) is 2. The quantitative estimate of drug-likeness (QED) is 0.767. The molecule has 0 saturated carbocycles. The molecule has 1 rings (SSSR count). The van der Waals surface area contributed by atoms with Crippen molar-refractivity contribution in [1.82, 2.24) is 15.1 Å². The lowest BCUT2D eigenvalue weighted by atomic mass is 10.2. The Hall–Kier alpha value is -1.44. The third kappa shape index (κ3) is 4.59. The summed E-state index contributed by atoms with van der Waals surface area (Å²) in [6.07, 6.45) is -0.0730. The molecule has 7 nitrogen and oxygen atoms in total. The molecule has 1 aliphatic heterocycles. The van der Waals surface area contributed by atoms with E-state index in [4.69, 9.17) is 5.11 Å². The summed E-state index contributed by atoms with van der Waals surface area (Å²) < 4.78 is 0. The number of thioether (sulfide) groups is 1. The van der Waals surface area contributed by atoms with E-state index in [1.54, 1.807) is 32.8 Å². The molecule has 0 aromatic heterocycles. The van der Waals surface area contributed by atoms with Crippen molar-refractivity contribution in [1.29, 1.82) is 0 Å². The predicted octanol–water partition coefficient (Wildman–Crippen LogP) is 0.0648. The van der Waals surface area contributed by atoms with E-state index in [2.05, 4.69) is 5.32 Å². The summed E-state index contributed by atoms with van der Waals surface area (Å²) in [6.45, 7) is 2.11. The van der Waals surface area contributed by atoms with Gasteiger partial charge < -0.3 is 20.2 Å². The zero-order chi connectivity index (χ0) is 15.3. The highest BCUT2D eigenvalue weighted by molar-refractivity contribution is 7.99. The smallest absolute Gasteiger partial charge is 0.318 e. The second kappa shape index (κ2) is 7.37. The molecule has 0 bridgehead atoms. The van der Waals surface area contributed by atoms with Gasteiger partial charge in [-0.15, -0.1) is 0 Å². The van der Waals surface area contributed by atoms with Gasteiger partial charge in [0.15, 0.2) is 0 Å². The minimum Gasteiger partial charge on any atom is -0.481 e. The maximum absolute atomic E-state index is 12.2. The summed E-state index contributed by atoms with van der Waals surface area (Å²) >= 11 is 1.64. The van der Waals surface area contributed by atoms with Crippen molar-refractivity contribution in [2.45, 2.75) is 25.4 Å². The van der Waals surface area contributed by atoms with Crippen LogP contribution in [0.1, 0.15) is 13.3 Å². The molecule has 20 heavy (non-hydrogen) atoms. The Labute approximate surface area is 122 Å². The normalized spacial score (nSPS) is 20.1. The lowest BCUT2D eigenvalue weighted by Crippen LogP contribution is -2.55. The van der Waals surface area contributed by atoms with E-state index >= 15 is 0 Å². The minimum atomic E-state index is -0.923. The number of nitrogens with one attached hydrogen (secondary N) is 1. The first kappa shape index (κ1) is 16.6. The van der Waals surface area contributed by atoms with Crippen molar-refractivity contribution in [3.05, 3.63) is 0 Å². The molecule has 0 radical (unpaired) electrons. The number of amides is 3. The number of aliphatic carboxylic acids is 1. The first-order valence-electron chi connectivity index (χ1n) is 6.40. The van der Waals surface area contributed by atoms with Crippen LogP contribution in [0.25, 0.3) is 0 Å². The highest BCUT2D eigenvalue weighted by Gasteiger charge is 2.30. The molecule has 0 spiro atoms. The van der Waals surface area contributed by atoms with Gasteiger partial charge in [0.05, 0.1) is 12.5 Å². The van der Waals surface area contributed by atoms with Crippen LogP contribution in [0.15, 0.2) is 0 Å². The fourth-order valence-corrected chi connectivity index (χ4v) is 3.07. The topological polar surface area (TPSA) is 90.0 Å². The Morgan fingerprint density at radius 1 is 1.45 bits per heavy atom. The zero-order valence-electron chi connectivity index (χ0n) is 12.0. The monoisotopic (exact) mass is 303 g/mol. The standard InChI is InChI=1S/C12H21N3O4S/c1-8(11(18)14(2)3)13-12(19)15-4-5-20-7-9(15)6-10(16)17/h8-9H,4-7H2,1-3H3,(H,13,19)(H,16,17). The van der Waals surface area contributed by atoms with Crippen molar-refractivity contribution in [3.8, 4) is 0 Å². The average molecular weight is 303 g/mol. The van der Waals surface area contributed by atoms with E-state index in [0.29, 0.717) is 12.3 Å². The van der Waals surface area contributed by atoms with E-state index < -0.39 is 12.0 Å². The fourth-order valence-electron chi connectivity index (χ4n) is 2.01. The molecular weight excluding hydrogens is 282 g/mol. The molecule has 2 atom stereocenters. The molecule has 0 aliphatic carbocycles. The van der Waals surface area contributed by atoms with Crippen LogP contribution in [0.2, 0.25) is 0 Å². The van der Waals surface area contributed by atoms with Gasteiger partial charge in [-0.2, -0.15) is 11.8 Å². The number of carboxylic acid groups (broad SMARTS) is 1. The van der Waals surface area contributed by atoms with Crippen molar-refractivity contribution >= 4 is 29.7 Å². The summed E-state index contributed by atoms with van der Waals surface area (Å²) in [5, 5.41) is 11.5. The first-order chi connectivity index (χ1) is 9.32. The van der Waals surface area contributed by atoms with E-state index in [1.807, 2.05) is 0 Å². The maximum atomic E-state index is 12.2. The van der Waals surface area contributed by atoms with Gasteiger partial charge in [-0.05, 0) is 6.92 Å². The Bertz CT molecular complexity index is 389. The first-order valence-corrected chi connectivity index (χ1v) is 7.56. The molecule has 8 heteroatoms. The van der Waals surface area contributed by atoms with Crippen LogP contribution in [0.5, 0.6) is 0 Å². The number of hydrogen-bond acceptors (Lipinski definition) is 4. The molecule has 1 aliphatic rings. The molecule has 1 saturated heterocycles. The van der Waals surface area contributed by atoms with E-state index in [-0.39, 0.29) is 24.4 Å². The largest absolute Gasteiger partial charge is 0.481 e. The van der Waals surface area contributed by atoms with Crippen LogP contribution in [0.3, 0.4) is 0 Å². The SMILES string of the molecule is CC(NC(=O)N1CCSCC1CC(=O)O)C(=O)N(C)C. The van der Waals surface area contributed by atoms with Gasteiger partial charge in [0.25, 0.3) is 0 Å². The third-order valence-electron chi connectivity index (χ3n) is 3.05. The second-order valence-electron chi connectivity index (χ2n) is 4.92. The Balaban J connectivity index is 2.63. The Morgan fingerprint density at radius 3 is 2.65 bits per heavy atom. The number of carboxylic acids is 1. The van der Waals surface area contributed by atoms with Gasteiger partial charge in [0.1, 0.15) is 6.04 Å². The fraction of sp³-hybridized carbons (Fsp3) is 0.750. The minimum absolute atomic E-state index is 0.0730. The molecule has 2 N–H and O–H groups in total. The number of urea groups is 1. The molecule has 0 aromatic rings. The second-order valence-corrected chi connectivity index (χ2v) is 6.07. The number of carbonyl (C=O) groups excluding carboxylic acids is 2. The van der Waals surface area contributed by atoms with E-state index in [1.165, 1.54) is 9.80 Å². The summed E-state index contributed by atoms with van der Waals surface area (Å²) in [5.74, 6) is 0.266. The van der Waals surface area contributed by atoms with Crippen LogP contribution >= 0.6 is 11.8 Å². The van der Waals surface area contributed by atoms with Crippen LogP contribution in [-0.4, -0.2) is 77.0 Å². The molecule has 2 unspecified atom stereocenters. The van der Waals surface area contributed by atoms with E-state index in [0.717, 1.165) is 5.75 Å². The van der Waals surface area contributed by atoms with Crippen molar-refractivity contribution in [3.63, 3.8) is 0 Å². The molecule has 0 aromatic carbocycles. The van der Waals surface area contributed by atoms with Crippen molar-refractivity contribution in [2.75, 3.05) is 32.1 Å². The molecule has 114 valence electrons. The highest BCUT2D eigenvalue weighted by atomic mass is 32.2. The zero-order valence-corrected chi connectivity index (χ0v) is 12.8. The predicted molar refractivity (Wildman–Crippen MR) is 76.8 cm³/mol. The highest BCUT2D eigenvalue weighted by Crippen LogP contribution is 2.19. The van der Waals surface area contributed by atoms with Gasteiger partial charge in [-0.25, -0.2) is 4.79 Å². The number of hydrogen-bond donors (Lipinski definition) is 2. The lowest BCUT2D eigenvalue weighted by Gasteiger charge is -2.35. The van der Waals surface area contributed by atoms with E-state index in [9.17, 15) is 14.4 Å². The molecule has 1 heterocycles. The summed E-state index contributed by atoms with van der Waals surface area (Å²) in [4.78, 5) is 37.6. The third-order valence-corrected chi connectivity index (χ3v) is 4.14. The Morgan fingerprint density at radius 2 is 2.10 bits per heavy atom. The molecule has 3 amide bonds. The van der Waals surface area contributed by atoms with Crippen LogP contribution in [-0.2, 0) is 9.59 Å². The van der Waals surface area contributed by atoms with Crippen LogP contribution in [0.4, 0.5) is 4.79 Å². The van der Waals surface area contributed by atoms with Gasteiger partial charge in [-0.1, -0.05) is 0 Å². The van der Waals surface area contributed by atoms with Crippen LogP contribution in [0, 0.1) is 0 Å². The molecular formula is C12H21N3O4S. The lowest BCUT2D eigenvalue weighted by molar-refractivity contribution is -0.138. The van der Waals surface area contributed by atoms with Crippen LogP contribution < -0.4 is 5.32 Å². The average Bonchev–Trinajstić information content (AvgIpc) is 2.37. The number of rotatable bonds is 4. The number of likely N-dealkylation sites (N-methyl/N-ethyl adjacent to an activating group) is 1. The maximum Gasteiger partial charge on any atom is 0.318 e.